The summed E-state index contributed by atoms with van der Waals surface area (Å²) in [7, 11) is -3.31. The Kier molecular flexibility index (Phi) is 4.07. The Morgan fingerprint density at radius 3 is 3.10 bits per heavy atom. The van der Waals surface area contributed by atoms with Gasteiger partial charge in [0.2, 0.25) is 0 Å². The molecule has 0 radical (unpaired) electrons. The number of aromatic amines is 1. The van der Waals surface area contributed by atoms with E-state index in [4.69, 9.17) is 4.74 Å². The Hall–Kier alpha value is -1.29. The molecule has 3 rings (SSSR count). The predicted molar refractivity (Wildman–Crippen MR) is 77.8 cm³/mol. The number of nitrogens with zero attached hydrogens (tertiary/aromatic N) is 3. The summed E-state index contributed by atoms with van der Waals surface area (Å²) in [6, 6.07) is -0.145. The van der Waals surface area contributed by atoms with Gasteiger partial charge in [0.05, 0.1) is 36.7 Å². The summed E-state index contributed by atoms with van der Waals surface area (Å²) in [5.41, 5.74) is 2.39. The zero-order valence-corrected chi connectivity index (χ0v) is 13.2. The first-order chi connectivity index (χ1) is 10.1. The normalized spacial score (nSPS) is 20.7. The molecule has 2 aromatic rings. The quantitative estimate of drug-likeness (QED) is 0.895. The van der Waals surface area contributed by atoms with Crippen LogP contribution < -0.4 is 0 Å². The van der Waals surface area contributed by atoms with E-state index in [-0.39, 0.29) is 10.9 Å². The first-order valence-corrected chi connectivity index (χ1v) is 9.25. The van der Waals surface area contributed by atoms with Gasteiger partial charge in [0, 0.05) is 30.4 Å². The van der Waals surface area contributed by atoms with Crippen molar-refractivity contribution in [3.05, 3.63) is 28.5 Å². The van der Waals surface area contributed by atoms with Crippen LogP contribution in [0, 0.1) is 0 Å². The van der Waals surface area contributed by atoms with E-state index in [1.54, 1.807) is 16.8 Å². The van der Waals surface area contributed by atoms with Crippen molar-refractivity contribution in [2.75, 3.05) is 26.0 Å². The van der Waals surface area contributed by atoms with Crippen LogP contribution in [0.1, 0.15) is 16.6 Å². The number of hydrogen-bond acceptors (Lipinski definition) is 7. The molecule has 21 heavy (non-hydrogen) atoms. The first-order valence-electron chi connectivity index (χ1n) is 6.48. The lowest BCUT2D eigenvalue weighted by Gasteiger charge is -2.34. The van der Waals surface area contributed by atoms with Crippen molar-refractivity contribution in [1.82, 2.24) is 20.1 Å². The average Bonchev–Trinajstić information content (AvgIpc) is 3.08. The summed E-state index contributed by atoms with van der Waals surface area (Å²) in [5.74, 6) is 0. The second-order valence-corrected chi connectivity index (χ2v) is 7.90. The Morgan fingerprint density at radius 1 is 1.52 bits per heavy atom. The van der Waals surface area contributed by atoms with Crippen LogP contribution in [0.4, 0.5) is 0 Å². The van der Waals surface area contributed by atoms with Crippen LogP contribution >= 0.6 is 11.3 Å². The second-order valence-electron chi connectivity index (χ2n) is 4.95. The molecule has 0 spiro atoms. The van der Waals surface area contributed by atoms with Crippen molar-refractivity contribution < 1.29 is 13.2 Å². The summed E-state index contributed by atoms with van der Waals surface area (Å²) in [4.78, 5) is 7.65. The van der Waals surface area contributed by atoms with Gasteiger partial charge in [-0.2, -0.15) is 5.10 Å². The molecule has 1 atom stereocenters. The van der Waals surface area contributed by atoms with Crippen molar-refractivity contribution in [2.24, 2.45) is 0 Å². The highest BCUT2D eigenvalue weighted by atomic mass is 32.2. The van der Waals surface area contributed by atoms with Crippen LogP contribution in [-0.4, -0.2) is 54.5 Å². The number of nitrogens with one attached hydrogen (secondary N) is 1. The Bertz CT molecular complexity index is 696. The Balaban J connectivity index is 1.89. The minimum absolute atomic E-state index is 0.145. The summed E-state index contributed by atoms with van der Waals surface area (Å²) >= 11 is 1.59. The molecule has 2 aromatic heterocycles. The third-order valence-corrected chi connectivity index (χ3v) is 5.34. The van der Waals surface area contributed by atoms with Gasteiger partial charge in [-0.15, -0.1) is 11.3 Å². The number of aromatic nitrogens is 3. The third-order valence-electron chi connectivity index (χ3n) is 3.45. The number of ether oxygens (including phenoxy) is 1. The van der Waals surface area contributed by atoms with E-state index >= 15 is 0 Å². The molecule has 1 fully saturated rings. The van der Waals surface area contributed by atoms with Gasteiger partial charge in [-0.05, 0) is 0 Å². The van der Waals surface area contributed by atoms with Crippen LogP contribution in [0.5, 0.6) is 0 Å². The zero-order valence-electron chi connectivity index (χ0n) is 11.5. The topological polar surface area (TPSA) is 88.2 Å². The van der Waals surface area contributed by atoms with Crippen molar-refractivity contribution in [1.29, 1.82) is 0 Å². The van der Waals surface area contributed by atoms with Crippen LogP contribution in [0.2, 0.25) is 0 Å². The maximum atomic E-state index is 11.9. The standard InChI is InChI=1S/C12H16N4O3S2/c1-21(17,18)11-5-14-15-12(11)10-7-19-3-2-16(10)6-9-4-13-8-20-9/h4-5,8,10H,2-3,6-7H2,1H3,(H,14,15)/t10-/m0/s1. The molecule has 0 aliphatic carbocycles. The highest BCUT2D eigenvalue weighted by molar-refractivity contribution is 7.90. The molecule has 3 heterocycles. The molecule has 1 aliphatic rings. The van der Waals surface area contributed by atoms with Crippen molar-refractivity contribution in [2.45, 2.75) is 17.5 Å². The molecule has 0 amide bonds. The van der Waals surface area contributed by atoms with Gasteiger partial charge < -0.3 is 4.74 Å². The highest BCUT2D eigenvalue weighted by Crippen LogP contribution is 2.29. The summed E-state index contributed by atoms with van der Waals surface area (Å²) in [6.45, 7) is 2.55. The highest BCUT2D eigenvalue weighted by Gasteiger charge is 2.30. The van der Waals surface area contributed by atoms with Gasteiger partial charge in [0.25, 0.3) is 0 Å². The van der Waals surface area contributed by atoms with Crippen molar-refractivity contribution in [3.63, 3.8) is 0 Å². The fraction of sp³-hybridized carbons (Fsp3) is 0.500. The van der Waals surface area contributed by atoms with Gasteiger partial charge in [-0.1, -0.05) is 0 Å². The van der Waals surface area contributed by atoms with E-state index in [1.807, 2.05) is 6.20 Å². The lowest BCUT2D eigenvalue weighted by molar-refractivity contribution is -0.0148. The van der Waals surface area contributed by atoms with Gasteiger partial charge in [0.15, 0.2) is 9.84 Å². The molecule has 7 nitrogen and oxygen atoms in total. The van der Waals surface area contributed by atoms with Crippen molar-refractivity contribution in [3.8, 4) is 0 Å². The lowest BCUT2D eigenvalue weighted by Crippen LogP contribution is -2.39. The van der Waals surface area contributed by atoms with Gasteiger partial charge in [0.1, 0.15) is 4.90 Å². The number of thiazole rings is 1. The minimum Gasteiger partial charge on any atom is -0.378 e. The predicted octanol–water partition coefficient (Wildman–Crippen LogP) is 0.843. The van der Waals surface area contributed by atoms with E-state index in [1.165, 1.54) is 12.5 Å². The molecule has 0 aromatic carbocycles. The summed E-state index contributed by atoms with van der Waals surface area (Å²) in [6.07, 6.45) is 4.39. The van der Waals surface area contributed by atoms with E-state index in [9.17, 15) is 8.42 Å². The molecule has 114 valence electrons. The van der Waals surface area contributed by atoms with Gasteiger partial charge in [-0.25, -0.2) is 8.42 Å². The molecule has 0 unspecified atom stereocenters. The second kappa shape index (κ2) is 5.84. The van der Waals surface area contributed by atoms with Gasteiger partial charge >= 0.3 is 0 Å². The number of sulfone groups is 1. The van der Waals surface area contributed by atoms with Crippen molar-refractivity contribution >= 4 is 21.2 Å². The molecule has 1 N–H and O–H groups in total. The van der Waals surface area contributed by atoms with E-state index < -0.39 is 9.84 Å². The first kappa shape index (κ1) is 14.6. The SMILES string of the molecule is CS(=O)(=O)c1cn[nH]c1[C@@H]1COCCN1Cc1cncs1. The van der Waals surface area contributed by atoms with Crippen LogP contribution in [0.3, 0.4) is 0 Å². The number of rotatable bonds is 4. The Labute approximate surface area is 126 Å². The third kappa shape index (κ3) is 3.15. The number of morpholine rings is 1. The number of H-pyrrole nitrogens is 1. The van der Waals surface area contributed by atoms with Crippen LogP contribution in [-0.2, 0) is 21.1 Å². The van der Waals surface area contributed by atoms with Gasteiger partial charge in [-0.3, -0.25) is 15.0 Å². The fourth-order valence-electron chi connectivity index (χ4n) is 2.43. The zero-order chi connectivity index (χ0) is 14.9. The fourth-order valence-corrected chi connectivity index (χ4v) is 3.88. The van der Waals surface area contributed by atoms with E-state index in [2.05, 4.69) is 20.1 Å². The molecular formula is C12H16N4O3S2. The maximum Gasteiger partial charge on any atom is 0.178 e. The number of hydrogen-bond donors (Lipinski definition) is 1. The maximum absolute atomic E-state index is 11.9. The molecule has 9 heteroatoms. The Morgan fingerprint density at radius 2 is 2.38 bits per heavy atom. The molecule has 0 bridgehead atoms. The summed E-state index contributed by atoms with van der Waals surface area (Å²) in [5, 5.41) is 6.73. The summed E-state index contributed by atoms with van der Waals surface area (Å²) < 4.78 is 29.2. The average molecular weight is 328 g/mol. The molecule has 1 saturated heterocycles. The van der Waals surface area contributed by atoms with E-state index in [0.29, 0.717) is 18.9 Å². The molecular weight excluding hydrogens is 312 g/mol. The smallest absolute Gasteiger partial charge is 0.178 e. The van der Waals surface area contributed by atoms with Crippen LogP contribution in [0.15, 0.2) is 22.8 Å². The minimum atomic E-state index is -3.31. The largest absolute Gasteiger partial charge is 0.378 e. The monoisotopic (exact) mass is 328 g/mol. The lowest BCUT2D eigenvalue weighted by atomic mass is 10.1. The van der Waals surface area contributed by atoms with E-state index in [0.717, 1.165) is 18.0 Å². The molecule has 1 aliphatic heterocycles. The van der Waals surface area contributed by atoms with Crippen LogP contribution in [0.25, 0.3) is 0 Å². The molecule has 0 saturated carbocycles.